The Hall–Kier alpha value is -2.63. The highest BCUT2D eigenvalue weighted by Crippen LogP contribution is 2.28. The molecule has 1 aromatic heterocycles. The van der Waals surface area contributed by atoms with Crippen LogP contribution in [0.1, 0.15) is 19.8 Å². The van der Waals surface area contributed by atoms with Crippen molar-refractivity contribution in [1.82, 2.24) is 15.1 Å². The van der Waals surface area contributed by atoms with E-state index in [1.165, 1.54) is 10.7 Å². The van der Waals surface area contributed by atoms with Gasteiger partial charge in [0.25, 0.3) is 5.56 Å². The molecule has 24 heavy (non-hydrogen) atoms. The molecule has 1 N–H and O–H groups in total. The van der Waals surface area contributed by atoms with Gasteiger partial charge in [-0.25, -0.2) is 4.68 Å². The van der Waals surface area contributed by atoms with Crippen molar-refractivity contribution in [2.45, 2.75) is 32.4 Å². The predicted octanol–water partition coefficient (Wildman–Crippen LogP) is 1.83. The fraction of sp³-hybridized carbons (Fsp3) is 0.389. The molecule has 0 bridgehead atoms. The molecule has 1 saturated carbocycles. The molecule has 6 nitrogen and oxygen atoms in total. The molecule has 1 aromatic carbocycles. The summed E-state index contributed by atoms with van der Waals surface area (Å²) in [7, 11) is 1.62. The van der Waals surface area contributed by atoms with Crippen LogP contribution < -0.4 is 15.6 Å². The summed E-state index contributed by atoms with van der Waals surface area (Å²) >= 11 is 0. The van der Waals surface area contributed by atoms with Crippen LogP contribution in [0.5, 0.6) is 5.75 Å². The van der Waals surface area contributed by atoms with Gasteiger partial charge in [-0.2, -0.15) is 5.10 Å². The highest BCUT2D eigenvalue weighted by molar-refractivity contribution is 5.81. The number of benzene rings is 1. The summed E-state index contributed by atoms with van der Waals surface area (Å²) in [6.07, 6.45) is 1.92. The van der Waals surface area contributed by atoms with Gasteiger partial charge >= 0.3 is 0 Å². The lowest BCUT2D eigenvalue weighted by atomic mass is 10.1. The Morgan fingerprint density at radius 3 is 2.62 bits per heavy atom. The van der Waals surface area contributed by atoms with Gasteiger partial charge in [-0.05, 0) is 50.1 Å². The highest BCUT2D eigenvalue weighted by atomic mass is 16.5. The van der Waals surface area contributed by atoms with Crippen molar-refractivity contribution in [2.24, 2.45) is 5.92 Å². The van der Waals surface area contributed by atoms with Crippen molar-refractivity contribution in [3.63, 3.8) is 0 Å². The molecule has 0 saturated heterocycles. The molecule has 0 spiro atoms. The zero-order chi connectivity index (χ0) is 17.1. The molecule has 126 valence electrons. The second-order valence-corrected chi connectivity index (χ2v) is 6.15. The summed E-state index contributed by atoms with van der Waals surface area (Å²) in [5, 5.41) is 7.35. The van der Waals surface area contributed by atoms with Crippen molar-refractivity contribution in [3.05, 3.63) is 46.8 Å². The van der Waals surface area contributed by atoms with Crippen LogP contribution in [-0.4, -0.2) is 28.8 Å². The maximum absolute atomic E-state index is 12.0. The normalized spacial score (nSPS) is 14.9. The van der Waals surface area contributed by atoms with Gasteiger partial charge in [0.2, 0.25) is 5.91 Å². The van der Waals surface area contributed by atoms with E-state index in [9.17, 15) is 9.59 Å². The van der Waals surface area contributed by atoms with E-state index >= 15 is 0 Å². The Balaban J connectivity index is 1.75. The van der Waals surface area contributed by atoms with E-state index in [1.807, 2.05) is 31.2 Å². The van der Waals surface area contributed by atoms with Crippen LogP contribution >= 0.6 is 0 Å². The third-order valence-electron chi connectivity index (χ3n) is 4.04. The molecule has 1 fully saturated rings. The van der Waals surface area contributed by atoms with E-state index in [0.29, 0.717) is 12.2 Å². The van der Waals surface area contributed by atoms with E-state index < -0.39 is 0 Å². The highest BCUT2D eigenvalue weighted by Gasteiger charge is 2.30. The Bertz CT molecular complexity index is 779. The quantitative estimate of drug-likeness (QED) is 0.878. The zero-order valence-electron chi connectivity index (χ0n) is 13.9. The number of amides is 1. The molecule has 1 amide bonds. The Kier molecular flexibility index (Phi) is 4.64. The Morgan fingerprint density at radius 2 is 2.00 bits per heavy atom. The largest absolute Gasteiger partial charge is 0.497 e. The number of carbonyl (C=O) groups is 1. The first kappa shape index (κ1) is 16.2. The molecule has 2 aromatic rings. The average Bonchev–Trinajstić information content (AvgIpc) is 3.42. The van der Waals surface area contributed by atoms with Gasteiger partial charge in [0.05, 0.1) is 19.3 Å². The average molecular weight is 327 g/mol. The van der Waals surface area contributed by atoms with Crippen molar-refractivity contribution in [2.75, 3.05) is 7.11 Å². The molecule has 6 heteroatoms. The van der Waals surface area contributed by atoms with Crippen molar-refractivity contribution in [1.29, 1.82) is 0 Å². The standard InChI is InChI=1S/C18H21N3O3/c1-12(19-18(23)14-3-4-14)11-21-17(22)10-9-16(20-21)13-5-7-15(24-2)8-6-13/h5-10,12,14H,3-4,11H2,1-2H3,(H,19,23)/t12-/m0/s1. The van der Waals surface area contributed by atoms with Gasteiger partial charge in [0.1, 0.15) is 5.75 Å². The van der Waals surface area contributed by atoms with Gasteiger partial charge < -0.3 is 10.1 Å². The van der Waals surface area contributed by atoms with Crippen LogP contribution in [0.2, 0.25) is 0 Å². The molecule has 1 aliphatic rings. The van der Waals surface area contributed by atoms with Gasteiger partial charge in [-0.1, -0.05) is 0 Å². The van der Waals surface area contributed by atoms with Crippen molar-refractivity contribution >= 4 is 5.91 Å². The van der Waals surface area contributed by atoms with Crippen molar-refractivity contribution in [3.8, 4) is 17.0 Å². The molecular formula is C18H21N3O3. The number of carbonyl (C=O) groups excluding carboxylic acids is 1. The topological polar surface area (TPSA) is 73.2 Å². The second kappa shape index (κ2) is 6.86. The molecule has 0 unspecified atom stereocenters. The minimum absolute atomic E-state index is 0.0712. The van der Waals surface area contributed by atoms with Gasteiger partial charge in [0.15, 0.2) is 0 Å². The smallest absolute Gasteiger partial charge is 0.266 e. The summed E-state index contributed by atoms with van der Waals surface area (Å²) in [5.41, 5.74) is 1.43. The van der Waals surface area contributed by atoms with Gasteiger partial charge in [0, 0.05) is 23.6 Å². The maximum Gasteiger partial charge on any atom is 0.266 e. The van der Waals surface area contributed by atoms with Gasteiger partial charge in [-0.15, -0.1) is 0 Å². The van der Waals surface area contributed by atoms with E-state index in [2.05, 4.69) is 10.4 Å². The monoisotopic (exact) mass is 327 g/mol. The van der Waals surface area contributed by atoms with Crippen LogP contribution in [-0.2, 0) is 11.3 Å². The number of nitrogens with zero attached hydrogens (tertiary/aromatic N) is 2. The van der Waals surface area contributed by atoms with Crippen LogP contribution in [0.25, 0.3) is 11.3 Å². The minimum Gasteiger partial charge on any atom is -0.497 e. The minimum atomic E-state index is -0.181. The molecule has 1 heterocycles. The summed E-state index contributed by atoms with van der Waals surface area (Å²) in [4.78, 5) is 23.8. The number of ether oxygens (including phenoxy) is 1. The first-order valence-corrected chi connectivity index (χ1v) is 8.10. The molecule has 0 aliphatic heterocycles. The summed E-state index contributed by atoms with van der Waals surface area (Å²) < 4.78 is 6.55. The summed E-state index contributed by atoms with van der Waals surface area (Å²) in [6, 6.07) is 10.6. The van der Waals surface area contributed by atoms with Crippen molar-refractivity contribution < 1.29 is 9.53 Å². The molecule has 3 rings (SSSR count). The first-order chi connectivity index (χ1) is 11.6. The van der Waals surface area contributed by atoms with Crippen LogP contribution in [0.4, 0.5) is 0 Å². The zero-order valence-corrected chi connectivity index (χ0v) is 13.9. The number of aromatic nitrogens is 2. The third kappa shape index (κ3) is 3.82. The SMILES string of the molecule is COc1ccc(-c2ccc(=O)n(C[C@H](C)NC(=O)C3CC3)n2)cc1. The van der Waals surface area contributed by atoms with E-state index in [1.54, 1.807) is 13.2 Å². The molecule has 1 aliphatic carbocycles. The molecular weight excluding hydrogens is 306 g/mol. The number of methoxy groups -OCH3 is 1. The van der Waals surface area contributed by atoms with Crippen LogP contribution in [0, 0.1) is 5.92 Å². The third-order valence-corrected chi connectivity index (χ3v) is 4.04. The second-order valence-electron chi connectivity index (χ2n) is 6.15. The lowest BCUT2D eigenvalue weighted by molar-refractivity contribution is -0.123. The van der Waals surface area contributed by atoms with E-state index in [-0.39, 0.29) is 23.4 Å². The Morgan fingerprint density at radius 1 is 1.29 bits per heavy atom. The predicted molar refractivity (Wildman–Crippen MR) is 90.8 cm³/mol. The Labute approximate surface area is 140 Å². The molecule has 0 radical (unpaired) electrons. The summed E-state index contributed by atoms with van der Waals surface area (Å²) in [5.74, 6) is 0.994. The fourth-order valence-corrected chi connectivity index (χ4v) is 2.51. The fourth-order valence-electron chi connectivity index (χ4n) is 2.51. The first-order valence-electron chi connectivity index (χ1n) is 8.10. The van der Waals surface area contributed by atoms with E-state index in [4.69, 9.17) is 4.74 Å². The van der Waals surface area contributed by atoms with E-state index in [0.717, 1.165) is 24.2 Å². The number of hydrogen-bond donors (Lipinski definition) is 1. The molecule has 1 atom stereocenters. The lowest BCUT2D eigenvalue weighted by Gasteiger charge is -2.15. The number of nitrogens with one attached hydrogen (secondary N) is 1. The van der Waals surface area contributed by atoms with Crippen LogP contribution in [0.15, 0.2) is 41.2 Å². The van der Waals surface area contributed by atoms with Gasteiger partial charge in [-0.3, -0.25) is 9.59 Å². The maximum atomic E-state index is 12.0. The number of hydrogen-bond acceptors (Lipinski definition) is 4. The van der Waals surface area contributed by atoms with Crippen LogP contribution in [0.3, 0.4) is 0 Å². The summed E-state index contributed by atoms with van der Waals surface area (Å²) in [6.45, 7) is 2.23. The lowest BCUT2D eigenvalue weighted by Crippen LogP contribution is -2.39. The number of rotatable bonds is 6.